The summed E-state index contributed by atoms with van der Waals surface area (Å²) in [5.74, 6) is 0.481. The lowest BCUT2D eigenvalue weighted by atomic mass is 10.0. The molecule has 1 amide bonds. The first-order chi connectivity index (χ1) is 10.8. The number of tetrazole rings is 1. The van der Waals surface area contributed by atoms with E-state index in [0.717, 1.165) is 19.3 Å². The second-order valence-electron chi connectivity index (χ2n) is 5.08. The predicted molar refractivity (Wildman–Crippen MR) is 80.0 cm³/mol. The largest absolute Gasteiger partial charge is 0.494 e. The maximum Gasteiger partial charge on any atom is 0.251 e. The molecule has 22 heavy (non-hydrogen) atoms. The summed E-state index contributed by atoms with van der Waals surface area (Å²) in [7, 11) is 1.57. The lowest BCUT2D eigenvalue weighted by Crippen LogP contribution is -2.34. The summed E-state index contributed by atoms with van der Waals surface area (Å²) in [6, 6.07) is 5.29. The molecule has 0 radical (unpaired) electrons. The molecule has 1 aliphatic carbocycles. The minimum atomic E-state index is -0.117. The molecule has 0 bridgehead atoms. The third kappa shape index (κ3) is 2.98. The zero-order valence-corrected chi connectivity index (χ0v) is 12.3. The van der Waals surface area contributed by atoms with Gasteiger partial charge in [0.05, 0.1) is 7.11 Å². The normalized spacial score (nSPS) is 17.2. The van der Waals surface area contributed by atoms with Gasteiger partial charge in [0.1, 0.15) is 17.8 Å². The van der Waals surface area contributed by atoms with Gasteiger partial charge in [0, 0.05) is 11.6 Å². The minimum absolute atomic E-state index is 0.0971. The molecule has 1 atom stereocenters. The van der Waals surface area contributed by atoms with Gasteiger partial charge in [-0.05, 0) is 47.9 Å². The summed E-state index contributed by atoms with van der Waals surface area (Å²) in [6.07, 6.45) is 8.77. The van der Waals surface area contributed by atoms with Crippen molar-refractivity contribution in [2.75, 3.05) is 7.11 Å². The average Bonchev–Trinajstić information content (AvgIpc) is 3.09. The van der Waals surface area contributed by atoms with Gasteiger partial charge in [-0.15, -0.1) is 5.10 Å². The number of aromatic nitrogens is 4. The molecule has 2 aromatic rings. The van der Waals surface area contributed by atoms with Crippen molar-refractivity contribution in [3.63, 3.8) is 0 Å². The van der Waals surface area contributed by atoms with Crippen LogP contribution in [-0.4, -0.2) is 39.3 Å². The number of nitrogens with zero attached hydrogens (tertiary/aromatic N) is 4. The van der Waals surface area contributed by atoms with Gasteiger partial charge in [0.15, 0.2) is 0 Å². The van der Waals surface area contributed by atoms with Crippen LogP contribution in [0.3, 0.4) is 0 Å². The van der Waals surface area contributed by atoms with Gasteiger partial charge in [-0.1, -0.05) is 12.2 Å². The maximum atomic E-state index is 12.4. The molecule has 7 heteroatoms. The average molecular weight is 299 g/mol. The Morgan fingerprint density at radius 1 is 1.45 bits per heavy atom. The van der Waals surface area contributed by atoms with Gasteiger partial charge in [-0.3, -0.25) is 4.79 Å². The van der Waals surface area contributed by atoms with Crippen molar-refractivity contribution in [3.05, 3.63) is 42.2 Å². The van der Waals surface area contributed by atoms with Crippen LogP contribution in [0.15, 0.2) is 36.7 Å². The Labute approximate surface area is 128 Å². The second-order valence-corrected chi connectivity index (χ2v) is 5.08. The lowest BCUT2D eigenvalue weighted by molar-refractivity contribution is 0.0942. The molecule has 1 aromatic carbocycles. The van der Waals surface area contributed by atoms with Crippen LogP contribution in [0.4, 0.5) is 0 Å². The molecule has 1 N–H and O–H groups in total. The van der Waals surface area contributed by atoms with Crippen molar-refractivity contribution in [2.24, 2.45) is 0 Å². The molecule has 1 aliphatic rings. The van der Waals surface area contributed by atoms with E-state index in [1.165, 1.54) is 11.0 Å². The van der Waals surface area contributed by atoms with Gasteiger partial charge in [-0.2, -0.15) is 4.68 Å². The number of methoxy groups -OCH3 is 1. The van der Waals surface area contributed by atoms with Gasteiger partial charge in [0.25, 0.3) is 5.91 Å². The maximum absolute atomic E-state index is 12.4. The molecule has 0 saturated carbocycles. The quantitative estimate of drug-likeness (QED) is 0.865. The number of hydrogen-bond acceptors (Lipinski definition) is 5. The second kappa shape index (κ2) is 6.38. The van der Waals surface area contributed by atoms with Crippen molar-refractivity contribution in [1.29, 1.82) is 0 Å². The highest BCUT2D eigenvalue weighted by Crippen LogP contribution is 2.23. The number of benzene rings is 1. The molecular formula is C15H17N5O2. The minimum Gasteiger partial charge on any atom is -0.494 e. The summed E-state index contributed by atoms with van der Waals surface area (Å²) < 4.78 is 6.76. The van der Waals surface area contributed by atoms with Crippen LogP contribution in [0.25, 0.3) is 5.69 Å². The van der Waals surface area contributed by atoms with Crippen LogP contribution in [0.1, 0.15) is 29.6 Å². The molecule has 0 saturated heterocycles. The Morgan fingerprint density at radius 2 is 2.36 bits per heavy atom. The molecule has 1 aromatic heterocycles. The monoisotopic (exact) mass is 299 g/mol. The van der Waals surface area contributed by atoms with Crippen LogP contribution in [0, 0.1) is 0 Å². The van der Waals surface area contributed by atoms with E-state index < -0.39 is 0 Å². The van der Waals surface area contributed by atoms with Crippen molar-refractivity contribution in [1.82, 2.24) is 25.5 Å². The molecule has 114 valence electrons. The number of ether oxygens (including phenoxy) is 1. The van der Waals surface area contributed by atoms with Crippen LogP contribution >= 0.6 is 0 Å². The van der Waals surface area contributed by atoms with E-state index in [0.29, 0.717) is 17.0 Å². The lowest BCUT2D eigenvalue weighted by Gasteiger charge is -2.18. The highest BCUT2D eigenvalue weighted by Gasteiger charge is 2.16. The summed E-state index contributed by atoms with van der Waals surface area (Å²) in [5.41, 5.74) is 1.17. The number of carbonyl (C=O) groups is 1. The molecule has 0 fully saturated rings. The SMILES string of the molecule is COc1ccc(C(=O)NC2C=CCCC2)cc1-n1cnnn1. The Balaban J connectivity index is 1.84. The van der Waals surface area contributed by atoms with Crippen molar-refractivity contribution in [2.45, 2.75) is 25.3 Å². The molecule has 7 nitrogen and oxygen atoms in total. The molecule has 0 spiro atoms. The fourth-order valence-electron chi connectivity index (χ4n) is 2.47. The van der Waals surface area contributed by atoms with E-state index in [-0.39, 0.29) is 11.9 Å². The predicted octanol–water partition coefficient (Wildman–Crippen LogP) is 1.51. The summed E-state index contributed by atoms with van der Waals surface area (Å²) >= 11 is 0. The van der Waals surface area contributed by atoms with Crippen molar-refractivity contribution in [3.8, 4) is 11.4 Å². The van der Waals surface area contributed by atoms with E-state index in [9.17, 15) is 4.79 Å². The van der Waals surface area contributed by atoms with Gasteiger partial charge >= 0.3 is 0 Å². The van der Waals surface area contributed by atoms with E-state index >= 15 is 0 Å². The fourth-order valence-corrected chi connectivity index (χ4v) is 2.47. The Bertz CT molecular complexity index is 681. The number of amides is 1. The number of hydrogen-bond donors (Lipinski definition) is 1. The Hall–Kier alpha value is -2.70. The highest BCUT2D eigenvalue weighted by atomic mass is 16.5. The van der Waals surface area contributed by atoms with Crippen LogP contribution in [-0.2, 0) is 0 Å². The van der Waals surface area contributed by atoms with Crippen LogP contribution in [0.2, 0.25) is 0 Å². The third-order valence-electron chi connectivity index (χ3n) is 3.61. The first-order valence-corrected chi connectivity index (χ1v) is 7.17. The van der Waals surface area contributed by atoms with Gasteiger partial charge < -0.3 is 10.1 Å². The van der Waals surface area contributed by atoms with E-state index in [1.807, 2.05) is 6.08 Å². The van der Waals surface area contributed by atoms with E-state index in [4.69, 9.17) is 4.74 Å². The molecule has 0 aliphatic heterocycles. The zero-order valence-electron chi connectivity index (χ0n) is 12.3. The summed E-state index contributed by atoms with van der Waals surface area (Å²) in [4.78, 5) is 12.4. The molecule has 3 rings (SSSR count). The fraction of sp³-hybridized carbons (Fsp3) is 0.333. The Morgan fingerprint density at radius 3 is 3.05 bits per heavy atom. The number of carbonyl (C=O) groups excluding carboxylic acids is 1. The number of nitrogens with one attached hydrogen (secondary N) is 1. The van der Waals surface area contributed by atoms with Crippen LogP contribution in [0.5, 0.6) is 5.75 Å². The smallest absolute Gasteiger partial charge is 0.251 e. The van der Waals surface area contributed by atoms with Crippen molar-refractivity contribution < 1.29 is 9.53 Å². The summed E-state index contributed by atoms with van der Waals surface area (Å²) in [5, 5.41) is 14.1. The van der Waals surface area contributed by atoms with Gasteiger partial charge in [0.2, 0.25) is 0 Å². The molecule has 1 unspecified atom stereocenters. The third-order valence-corrected chi connectivity index (χ3v) is 3.61. The standard InChI is InChI=1S/C15H17N5O2/c1-22-14-8-7-11(9-13(14)20-10-16-18-19-20)15(21)17-12-5-3-2-4-6-12/h3,5,7-10,12H,2,4,6H2,1H3,(H,17,21). The highest BCUT2D eigenvalue weighted by molar-refractivity contribution is 5.95. The first-order valence-electron chi connectivity index (χ1n) is 7.17. The number of allylic oxidation sites excluding steroid dienone is 1. The van der Waals surface area contributed by atoms with Crippen LogP contribution < -0.4 is 10.1 Å². The molecule has 1 heterocycles. The first kappa shape index (κ1) is 14.2. The van der Waals surface area contributed by atoms with Gasteiger partial charge in [-0.25, -0.2) is 0 Å². The zero-order chi connectivity index (χ0) is 15.4. The number of rotatable bonds is 4. The van der Waals surface area contributed by atoms with E-state index in [1.54, 1.807) is 25.3 Å². The van der Waals surface area contributed by atoms with E-state index in [2.05, 4.69) is 26.9 Å². The topological polar surface area (TPSA) is 81.9 Å². The van der Waals surface area contributed by atoms with Crippen molar-refractivity contribution >= 4 is 5.91 Å². The Kier molecular flexibility index (Phi) is 4.13. The summed E-state index contributed by atoms with van der Waals surface area (Å²) in [6.45, 7) is 0. The molecular weight excluding hydrogens is 282 g/mol.